The second kappa shape index (κ2) is 16.2. The number of aliphatic carboxylic acids is 5. The first kappa shape index (κ1) is 31.4. The van der Waals surface area contributed by atoms with Crippen LogP contribution in [-0.2, 0) is 28.7 Å². The summed E-state index contributed by atoms with van der Waals surface area (Å²) in [4.78, 5) is 60.7. The summed E-state index contributed by atoms with van der Waals surface area (Å²) in [6, 6.07) is 7.70. The third kappa shape index (κ3) is 12.8. The van der Waals surface area contributed by atoms with Gasteiger partial charge in [0, 0.05) is 26.2 Å². The first-order chi connectivity index (χ1) is 17.4. The van der Waals surface area contributed by atoms with Gasteiger partial charge >= 0.3 is 29.8 Å². The molecular formula is C23H33N3O11. The molecule has 206 valence electrons. The second-order valence-electron chi connectivity index (χ2n) is 8.17. The van der Waals surface area contributed by atoms with Crippen molar-refractivity contribution in [3.8, 4) is 0 Å². The van der Waals surface area contributed by atoms with E-state index in [0.717, 1.165) is 4.90 Å². The molecule has 0 saturated heterocycles. The van der Waals surface area contributed by atoms with Gasteiger partial charge in [0.2, 0.25) is 0 Å². The van der Waals surface area contributed by atoms with Gasteiger partial charge in [-0.25, -0.2) is 0 Å². The maximum atomic E-state index is 11.6. The summed E-state index contributed by atoms with van der Waals surface area (Å²) in [6.07, 6.45) is -0.838. The number of benzene rings is 1. The second-order valence-corrected chi connectivity index (χ2v) is 8.17. The molecule has 0 amide bonds. The third-order valence-corrected chi connectivity index (χ3v) is 5.22. The van der Waals surface area contributed by atoms with E-state index in [1.54, 1.807) is 37.3 Å². The quantitative estimate of drug-likeness (QED) is 0.144. The number of ether oxygens (including phenoxy) is 1. The molecule has 0 heterocycles. The molecular weight excluding hydrogens is 494 g/mol. The van der Waals surface area contributed by atoms with Crippen LogP contribution in [0.3, 0.4) is 0 Å². The van der Waals surface area contributed by atoms with E-state index < -0.39 is 74.7 Å². The van der Waals surface area contributed by atoms with Gasteiger partial charge in [-0.05, 0) is 12.5 Å². The van der Waals surface area contributed by atoms with E-state index in [1.165, 1.54) is 9.80 Å². The summed E-state index contributed by atoms with van der Waals surface area (Å²) in [6.45, 7) is -1.56. The van der Waals surface area contributed by atoms with E-state index in [1.807, 2.05) is 0 Å². The van der Waals surface area contributed by atoms with Crippen LogP contribution in [0.5, 0.6) is 0 Å². The standard InChI is InChI=1S/C23H33N3O11/c1-2-37-23(16-6-4-3-5-7-16)17(26(14-21(33)34)15-22(35)36)10-24(11-18(27)28)8-9-25(12-19(29)30)13-20(31)32/h3-7,17,23H,2,8-15H2,1H3,(H,27,28)(H,29,30)(H,31,32)(H,33,34)(H,35,36). The van der Waals surface area contributed by atoms with Gasteiger partial charge in [0.15, 0.2) is 0 Å². The zero-order chi connectivity index (χ0) is 28.0. The van der Waals surface area contributed by atoms with Gasteiger partial charge in [-0.3, -0.25) is 38.7 Å². The zero-order valence-corrected chi connectivity index (χ0v) is 20.4. The SMILES string of the molecule is CCOC(c1ccccc1)C(CN(CCN(CC(=O)O)CC(=O)O)CC(=O)O)N(CC(=O)O)CC(=O)O. The maximum Gasteiger partial charge on any atom is 0.317 e. The minimum atomic E-state index is -1.30. The monoisotopic (exact) mass is 527 g/mol. The molecule has 14 nitrogen and oxygen atoms in total. The molecule has 5 N–H and O–H groups in total. The molecule has 0 aromatic heterocycles. The Morgan fingerprint density at radius 1 is 0.703 bits per heavy atom. The summed E-state index contributed by atoms with van der Waals surface area (Å²) >= 11 is 0. The molecule has 2 unspecified atom stereocenters. The first-order valence-corrected chi connectivity index (χ1v) is 11.4. The maximum absolute atomic E-state index is 11.6. The molecule has 0 aliphatic carbocycles. The van der Waals surface area contributed by atoms with Gasteiger partial charge in [-0.2, -0.15) is 0 Å². The highest BCUT2D eigenvalue weighted by Crippen LogP contribution is 2.26. The molecule has 1 aromatic rings. The average molecular weight is 528 g/mol. The number of hydrogen-bond donors (Lipinski definition) is 5. The predicted octanol–water partition coefficient (Wildman–Crippen LogP) is -0.538. The van der Waals surface area contributed by atoms with Crippen LogP contribution in [-0.4, -0.2) is 135 Å². The first-order valence-electron chi connectivity index (χ1n) is 11.4. The topological polar surface area (TPSA) is 205 Å². The normalized spacial score (nSPS) is 13.0. The fourth-order valence-corrected chi connectivity index (χ4v) is 3.86. The van der Waals surface area contributed by atoms with Crippen LogP contribution in [0.4, 0.5) is 0 Å². The van der Waals surface area contributed by atoms with E-state index in [2.05, 4.69) is 0 Å². The van der Waals surface area contributed by atoms with Crippen molar-refractivity contribution in [2.75, 3.05) is 59.0 Å². The molecule has 0 spiro atoms. The molecule has 1 aromatic carbocycles. The summed E-state index contributed by atoms with van der Waals surface area (Å²) in [5, 5.41) is 46.5. The summed E-state index contributed by atoms with van der Waals surface area (Å²) in [7, 11) is 0. The lowest BCUT2D eigenvalue weighted by Gasteiger charge is -2.38. The third-order valence-electron chi connectivity index (χ3n) is 5.22. The van der Waals surface area contributed by atoms with Crippen LogP contribution in [0.2, 0.25) is 0 Å². The molecule has 37 heavy (non-hydrogen) atoms. The van der Waals surface area contributed by atoms with Crippen molar-refractivity contribution in [3.63, 3.8) is 0 Å². The Labute approximate surface area is 213 Å². The number of carbonyl (C=O) groups is 5. The number of nitrogens with zero attached hydrogens (tertiary/aromatic N) is 3. The lowest BCUT2D eigenvalue weighted by atomic mass is 9.99. The number of rotatable bonds is 20. The smallest absolute Gasteiger partial charge is 0.317 e. The molecule has 1 rings (SSSR count). The molecule has 0 fully saturated rings. The minimum Gasteiger partial charge on any atom is -0.480 e. The molecule has 0 radical (unpaired) electrons. The highest BCUT2D eigenvalue weighted by atomic mass is 16.5. The van der Waals surface area contributed by atoms with Gasteiger partial charge in [-0.15, -0.1) is 0 Å². The fraction of sp³-hybridized carbons (Fsp3) is 0.522. The summed E-state index contributed by atoms with van der Waals surface area (Å²) in [5.74, 6) is -6.36. The van der Waals surface area contributed by atoms with Crippen molar-refractivity contribution in [1.29, 1.82) is 0 Å². The fourth-order valence-electron chi connectivity index (χ4n) is 3.86. The van der Waals surface area contributed by atoms with Crippen LogP contribution in [0, 0.1) is 0 Å². The van der Waals surface area contributed by atoms with E-state index in [4.69, 9.17) is 14.9 Å². The van der Waals surface area contributed by atoms with Crippen molar-refractivity contribution in [1.82, 2.24) is 14.7 Å². The van der Waals surface area contributed by atoms with Crippen molar-refractivity contribution >= 4 is 29.8 Å². The Balaban J connectivity index is 3.39. The van der Waals surface area contributed by atoms with Gasteiger partial charge in [-0.1, -0.05) is 30.3 Å². The van der Waals surface area contributed by atoms with Crippen LogP contribution >= 0.6 is 0 Å². The largest absolute Gasteiger partial charge is 0.480 e. The lowest BCUT2D eigenvalue weighted by molar-refractivity contribution is -0.146. The van der Waals surface area contributed by atoms with Crippen molar-refractivity contribution < 1.29 is 54.2 Å². The van der Waals surface area contributed by atoms with E-state index in [0.29, 0.717) is 5.56 Å². The number of carboxylic acids is 5. The van der Waals surface area contributed by atoms with Gasteiger partial charge in [0.05, 0.1) is 44.9 Å². The molecule has 14 heteroatoms. The lowest BCUT2D eigenvalue weighted by Crippen LogP contribution is -2.53. The Kier molecular flexibility index (Phi) is 13.8. The van der Waals surface area contributed by atoms with Crippen molar-refractivity contribution in [2.24, 2.45) is 0 Å². The van der Waals surface area contributed by atoms with Crippen molar-refractivity contribution in [3.05, 3.63) is 35.9 Å². The zero-order valence-electron chi connectivity index (χ0n) is 20.4. The van der Waals surface area contributed by atoms with Gasteiger partial charge in [0.1, 0.15) is 0 Å². The highest BCUT2D eigenvalue weighted by Gasteiger charge is 2.34. The van der Waals surface area contributed by atoms with Crippen LogP contribution in [0.1, 0.15) is 18.6 Å². The van der Waals surface area contributed by atoms with Crippen LogP contribution in [0.15, 0.2) is 30.3 Å². The molecule has 0 aliphatic rings. The van der Waals surface area contributed by atoms with E-state index in [-0.39, 0.29) is 26.2 Å². The predicted molar refractivity (Wildman–Crippen MR) is 127 cm³/mol. The van der Waals surface area contributed by atoms with E-state index >= 15 is 0 Å². The van der Waals surface area contributed by atoms with Gasteiger partial charge < -0.3 is 30.3 Å². The van der Waals surface area contributed by atoms with Crippen LogP contribution in [0.25, 0.3) is 0 Å². The molecule has 2 atom stereocenters. The molecule has 0 bridgehead atoms. The number of hydrogen-bond acceptors (Lipinski definition) is 9. The Morgan fingerprint density at radius 3 is 1.57 bits per heavy atom. The summed E-state index contributed by atoms with van der Waals surface area (Å²) < 4.78 is 5.90. The van der Waals surface area contributed by atoms with Crippen LogP contribution < -0.4 is 0 Å². The van der Waals surface area contributed by atoms with Gasteiger partial charge in [0.25, 0.3) is 0 Å². The highest BCUT2D eigenvalue weighted by molar-refractivity contribution is 5.73. The molecule has 0 saturated carbocycles. The molecule has 0 aliphatic heterocycles. The average Bonchev–Trinajstić information content (AvgIpc) is 2.78. The minimum absolute atomic E-state index is 0.0923. The number of carboxylic acid groups (broad SMARTS) is 5. The summed E-state index contributed by atoms with van der Waals surface area (Å²) in [5.41, 5.74) is 0.615. The van der Waals surface area contributed by atoms with E-state index in [9.17, 15) is 39.3 Å². The Hall–Kier alpha value is -3.59. The Morgan fingerprint density at radius 2 is 1.14 bits per heavy atom. The van der Waals surface area contributed by atoms with Crippen molar-refractivity contribution in [2.45, 2.75) is 19.1 Å². The Bertz CT molecular complexity index is 880.